The van der Waals surface area contributed by atoms with Gasteiger partial charge in [0.25, 0.3) is 0 Å². The smallest absolute Gasteiger partial charge is 0.343 e. The molecule has 26 heavy (non-hydrogen) atoms. The van der Waals surface area contributed by atoms with E-state index in [1.807, 2.05) is 6.07 Å². The fourth-order valence-electron chi connectivity index (χ4n) is 2.02. The maximum absolute atomic E-state index is 12.0. The molecule has 1 aromatic heterocycles. The van der Waals surface area contributed by atoms with Gasteiger partial charge < -0.3 is 9.15 Å². The van der Waals surface area contributed by atoms with Crippen molar-refractivity contribution in [2.75, 3.05) is 0 Å². The minimum Gasteiger partial charge on any atom is -0.444 e. The molecule has 3 aromatic rings. The summed E-state index contributed by atoms with van der Waals surface area (Å²) in [6.45, 7) is 0. The second-order valence-corrected chi connectivity index (χ2v) is 5.91. The largest absolute Gasteiger partial charge is 0.444 e. The van der Waals surface area contributed by atoms with Gasteiger partial charge in [-0.15, -0.1) is 0 Å². The molecule has 7 heteroatoms. The maximum atomic E-state index is 12.0. The Balaban J connectivity index is 1.56. The lowest BCUT2D eigenvalue weighted by Gasteiger charge is -2.04. The predicted molar refractivity (Wildman–Crippen MR) is 99.3 cm³/mol. The molecule has 0 aliphatic carbocycles. The van der Waals surface area contributed by atoms with E-state index < -0.39 is 11.9 Å². The molecule has 6 nitrogen and oxygen atoms in total. The van der Waals surface area contributed by atoms with Crippen molar-refractivity contribution in [3.05, 3.63) is 88.3 Å². The van der Waals surface area contributed by atoms with Crippen molar-refractivity contribution >= 4 is 34.0 Å². The zero-order valence-electron chi connectivity index (χ0n) is 13.4. The summed E-state index contributed by atoms with van der Waals surface area (Å²) in [7, 11) is 0. The Labute approximate surface area is 157 Å². The quantitative estimate of drug-likeness (QED) is 0.297. The molecule has 1 amide bonds. The van der Waals surface area contributed by atoms with E-state index in [0.717, 1.165) is 5.56 Å². The molecule has 1 N–H and O–H groups in total. The van der Waals surface area contributed by atoms with E-state index in [1.165, 1.54) is 12.3 Å². The Morgan fingerprint density at radius 2 is 1.73 bits per heavy atom. The number of hydrogen-bond donors (Lipinski definition) is 1. The Kier molecular flexibility index (Phi) is 5.60. The molecule has 0 spiro atoms. The van der Waals surface area contributed by atoms with Crippen LogP contribution < -0.4 is 10.2 Å². The maximum Gasteiger partial charge on any atom is 0.343 e. The minimum absolute atomic E-state index is 0.150. The van der Waals surface area contributed by atoms with Gasteiger partial charge in [0.05, 0.1) is 11.8 Å². The highest BCUT2D eigenvalue weighted by molar-refractivity contribution is 9.10. The zero-order chi connectivity index (χ0) is 18.4. The van der Waals surface area contributed by atoms with Crippen LogP contribution in [0, 0.1) is 0 Å². The third-order valence-electron chi connectivity index (χ3n) is 3.28. The molecule has 0 unspecified atom stereocenters. The molecular weight excluding hydrogens is 400 g/mol. The van der Waals surface area contributed by atoms with E-state index in [1.54, 1.807) is 54.6 Å². The van der Waals surface area contributed by atoms with Crippen molar-refractivity contribution in [3.63, 3.8) is 0 Å². The standard InChI is InChI=1S/C19H13BrN2O4/c20-17-11-10-16(26-17)18(23)22-21-12-13-6-8-15(9-7-13)25-19(24)14-4-2-1-3-5-14/h1-12H,(H,22,23)/b21-12-. The molecule has 2 aromatic carbocycles. The normalized spacial score (nSPS) is 10.7. The van der Waals surface area contributed by atoms with Crippen LogP contribution in [0.1, 0.15) is 26.5 Å². The van der Waals surface area contributed by atoms with Crippen LogP contribution >= 0.6 is 15.9 Å². The first-order valence-electron chi connectivity index (χ1n) is 7.58. The minimum atomic E-state index is -0.458. The van der Waals surface area contributed by atoms with E-state index in [9.17, 15) is 9.59 Å². The number of esters is 1. The highest BCUT2D eigenvalue weighted by atomic mass is 79.9. The summed E-state index contributed by atoms with van der Waals surface area (Å²) < 4.78 is 10.9. The van der Waals surface area contributed by atoms with Crippen LogP contribution in [0.25, 0.3) is 0 Å². The lowest BCUT2D eigenvalue weighted by molar-refractivity contribution is 0.0734. The number of furan rings is 1. The predicted octanol–water partition coefficient (Wildman–Crippen LogP) is 4.03. The fraction of sp³-hybridized carbons (Fsp3) is 0. The number of benzene rings is 2. The molecule has 0 aliphatic heterocycles. The Bertz CT molecular complexity index is 934. The average Bonchev–Trinajstić information content (AvgIpc) is 3.10. The van der Waals surface area contributed by atoms with Gasteiger partial charge in [-0.25, -0.2) is 10.2 Å². The van der Waals surface area contributed by atoms with E-state index in [-0.39, 0.29) is 5.76 Å². The summed E-state index contributed by atoms with van der Waals surface area (Å²) in [5.74, 6) is -0.318. The molecule has 0 radical (unpaired) electrons. The summed E-state index contributed by atoms with van der Waals surface area (Å²) in [6, 6.07) is 18.6. The topological polar surface area (TPSA) is 80.9 Å². The first kappa shape index (κ1) is 17.6. The third kappa shape index (κ3) is 4.67. The second kappa shape index (κ2) is 8.26. The van der Waals surface area contributed by atoms with Crippen LogP contribution in [0.2, 0.25) is 0 Å². The van der Waals surface area contributed by atoms with Crippen molar-refractivity contribution in [1.82, 2.24) is 5.43 Å². The van der Waals surface area contributed by atoms with Gasteiger partial charge in [0, 0.05) is 0 Å². The first-order chi connectivity index (χ1) is 12.6. The molecule has 0 aliphatic rings. The van der Waals surface area contributed by atoms with Crippen molar-refractivity contribution in [1.29, 1.82) is 0 Å². The Hall–Kier alpha value is -3.19. The first-order valence-corrected chi connectivity index (χ1v) is 8.37. The second-order valence-electron chi connectivity index (χ2n) is 5.13. The number of carbonyl (C=O) groups is 2. The van der Waals surface area contributed by atoms with Crippen LogP contribution in [-0.4, -0.2) is 18.1 Å². The SMILES string of the molecule is O=C(Oc1ccc(/C=N\NC(=O)c2ccc(Br)o2)cc1)c1ccccc1. The van der Waals surface area contributed by atoms with Gasteiger partial charge in [-0.1, -0.05) is 18.2 Å². The van der Waals surface area contributed by atoms with Crippen LogP contribution in [0.3, 0.4) is 0 Å². The summed E-state index contributed by atoms with van der Waals surface area (Å²) >= 11 is 3.12. The summed E-state index contributed by atoms with van der Waals surface area (Å²) in [6.07, 6.45) is 1.47. The number of nitrogens with one attached hydrogen (secondary N) is 1. The van der Waals surface area contributed by atoms with Gasteiger partial charge in [0.2, 0.25) is 0 Å². The van der Waals surface area contributed by atoms with Gasteiger partial charge in [0.1, 0.15) is 5.75 Å². The molecule has 0 saturated heterocycles. The number of ether oxygens (including phenoxy) is 1. The van der Waals surface area contributed by atoms with Crippen molar-refractivity contribution in [2.24, 2.45) is 5.10 Å². The van der Waals surface area contributed by atoms with Gasteiger partial charge in [0.15, 0.2) is 10.4 Å². The molecule has 0 bridgehead atoms. The molecule has 0 fully saturated rings. The number of hydrogen-bond acceptors (Lipinski definition) is 5. The monoisotopic (exact) mass is 412 g/mol. The molecule has 0 saturated carbocycles. The van der Waals surface area contributed by atoms with E-state index in [0.29, 0.717) is 16.0 Å². The molecule has 130 valence electrons. The summed E-state index contributed by atoms with van der Waals surface area (Å²) in [4.78, 5) is 23.7. The van der Waals surface area contributed by atoms with Crippen LogP contribution in [0.4, 0.5) is 0 Å². The average molecular weight is 413 g/mol. The number of rotatable bonds is 5. The highest BCUT2D eigenvalue weighted by Crippen LogP contribution is 2.14. The van der Waals surface area contributed by atoms with E-state index >= 15 is 0 Å². The van der Waals surface area contributed by atoms with E-state index in [4.69, 9.17) is 9.15 Å². The van der Waals surface area contributed by atoms with Gasteiger partial charge in [-0.2, -0.15) is 5.10 Å². The van der Waals surface area contributed by atoms with Gasteiger partial charge in [-0.3, -0.25) is 4.79 Å². The molecule has 1 heterocycles. The van der Waals surface area contributed by atoms with Crippen LogP contribution in [0.5, 0.6) is 5.75 Å². The number of hydrazone groups is 1. The third-order valence-corrected chi connectivity index (χ3v) is 3.70. The Morgan fingerprint density at radius 3 is 2.38 bits per heavy atom. The molecular formula is C19H13BrN2O4. The molecule has 3 rings (SSSR count). The van der Waals surface area contributed by atoms with Gasteiger partial charge >= 0.3 is 11.9 Å². The van der Waals surface area contributed by atoms with Crippen molar-refractivity contribution in [3.8, 4) is 5.75 Å². The number of nitrogens with zero attached hydrogens (tertiary/aromatic N) is 1. The highest BCUT2D eigenvalue weighted by Gasteiger charge is 2.09. The number of halogens is 1. The summed E-state index contributed by atoms with van der Waals surface area (Å²) in [5.41, 5.74) is 3.56. The summed E-state index contributed by atoms with van der Waals surface area (Å²) in [5, 5.41) is 3.86. The van der Waals surface area contributed by atoms with Crippen molar-refractivity contribution < 1.29 is 18.7 Å². The lowest BCUT2D eigenvalue weighted by Crippen LogP contribution is -2.16. The molecule has 0 atom stereocenters. The zero-order valence-corrected chi connectivity index (χ0v) is 15.0. The van der Waals surface area contributed by atoms with Crippen LogP contribution in [0.15, 0.2) is 80.9 Å². The number of carbonyl (C=O) groups excluding carboxylic acids is 2. The van der Waals surface area contributed by atoms with Gasteiger partial charge in [-0.05, 0) is 70.0 Å². The fourth-order valence-corrected chi connectivity index (χ4v) is 2.33. The number of amides is 1. The Morgan fingerprint density at radius 1 is 1.00 bits per heavy atom. The van der Waals surface area contributed by atoms with E-state index in [2.05, 4.69) is 26.5 Å². The lowest BCUT2D eigenvalue weighted by atomic mass is 10.2. The van der Waals surface area contributed by atoms with Crippen LogP contribution in [-0.2, 0) is 0 Å². The van der Waals surface area contributed by atoms with Crippen molar-refractivity contribution in [2.45, 2.75) is 0 Å².